The predicted octanol–water partition coefficient (Wildman–Crippen LogP) is 2.85. The maximum absolute atomic E-state index is 13.6. The summed E-state index contributed by atoms with van der Waals surface area (Å²) in [7, 11) is 0. The molecular formula is C19H18F3N5O. The first-order valence-corrected chi connectivity index (χ1v) is 9.64. The topological polar surface area (TPSA) is 72.7 Å². The fourth-order valence-electron chi connectivity index (χ4n) is 6.67. The van der Waals surface area contributed by atoms with Crippen molar-refractivity contribution in [2.24, 2.45) is 29.6 Å². The quantitative estimate of drug-likeness (QED) is 0.876. The van der Waals surface area contributed by atoms with Crippen LogP contribution in [0.5, 0.6) is 0 Å². The number of hydrogen-bond acceptors (Lipinski definition) is 4. The van der Waals surface area contributed by atoms with E-state index >= 15 is 0 Å². The van der Waals surface area contributed by atoms with Gasteiger partial charge in [-0.1, -0.05) is 0 Å². The van der Waals surface area contributed by atoms with Gasteiger partial charge in [-0.15, -0.1) is 0 Å². The molecule has 1 amide bonds. The molecule has 7 rings (SSSR count). The van der Waals surface area contributed by atoms with Gasteiger partial charge in [-0.3, -0.25) is 4.79 Å². The van der Waals surface area contributed by atoms with Gasteiger partial charge >= 0.3 is 6.18 Å². The average Bonchev–Trinajstić information content (AvgIpc) is 3.00. The lowest BCUT2D eigenvalue weighted by atomic mass is 9.67. The van der Waals surface area contributed by atoms with Crippen LogP contribution in [0.2, 0.25) is 0 Å². The maximum atomic E-state index is 13.6. The van der Waals surface area contributed by atoms with Crippen LogP contribution < -0.4 is 5.32 Å². The number of aromatic nitrogens is 4. The van der Waals surface area contributed by atoms with Crippen LogP contribution in [0.25, 0.3) is 5.95 Å². The van der Waals surface area contributed by atoms with Crippen LogP contribution in [-0.4, -0.2) is 31.2 Å². The molecule has 6 atom stereocenters. The molecule has 2 heterocycles. The molecule has 0 aromatic carbocycles. The molecule has 28 heavy (non-hydrogen) atoms. The van der Waals surface area contributed by atoms with Gasteiger partial charge in [0.25, 0.3) is 5.91 Å². The largest absolute Gasteiger partial charge is 0.435 e. The molecule has 4 bridgehead atoms. The number of nitrogens with one attached hydrogen (secondary N) is 1. The second kappa shape index (κ2) is 5.12. The Morgan fingerprint density at radius 2 is 1.96 bits per heavy atom. The number of nitrogens with zero attached hydrogens (tertiary/aromatic N) is 4. The van der Waals surface area contributed by atoms with Crippen molar-refractivity contribution in [1.82, 2.24) is 25.1 Å². The Balaban J connectivity index is 1.35. The van der Waals surface area contributed by atoms with Crippen molar-refractivity contribution in [1.29, 1.82) is 0 Å². The van der Waals surface area contributed by atoms with Crippen LogP contribution in [0, 0.1) is 29.6 Å². The first kappa shape index (κ1) is 16.5. The van der Waals surface area contributed by atoms with E-state index in [-0.39, 0.29) is 11.5 Å². The molecule has 146 valence electrons. The van der Waals surface area contributed by atoms with Crippen LogP contribution in [0.4, 0.5) is 13.2 Å². The van der Waals surface area contributed by atoms with Crippen molar-refractivity contribution >= 4 is 5.91 Å². The molecule has 5 saturated carbocycles. The Morgan fingerprint density at radius 1 is 1.18 bits per heavy atom. The van der Waals surface area contributed by atoms with E-state index in [0.29, 0.717) is 23.7 Å². The summed E-state index contributed by atoms with van der Waals surface area (Å²) in [6.45, 7) is 0. The van der Waals surface area contributed by atoms with Gasteiger partial charge in [-0.25, -0.2) is 14.6 Å². The molecule has 9 heteroatoms. The van der Waals surface area contributed by atoms with Crippen molar-refractivity contribution in [3.05, 3.63) is 35.9 Å². The number of amides is 1. The number of halogens is 3. The van der Waals surface area contributed by atoms with Gasteiger partial charge in [-0.05, 0) is 61.3 Å². The lowest BCUT2D eigenvalue weighted by Crippen LogP contribution is -2.47. The molecule has 5 aliphatic carbocycles. The highest BCUT2D eigenvalue weighted by Crippen LogP contribution is 2.77. The smallest absolute Gasteiger partial charge is 0.346 e. The van der Waals surface area contributed by atoms with E-state index in [4.69, 9.17) is 0 Å². The number of carbonyl (C=O) groups excluding carboxylic acids is 1. The van der Waals surface area contributed by atoms with Gasteiger partial charge in [0.1, 0.15) is 0 Å². The molecule has 5 fully saturated rings. The van der Waals surface area contributed by atoms with Crippen molar-refractivity contribution in [2.75, 3.05) is 0 Å². The fourth-order valence-corrected chi connectivity index (χ4v) is 6.67. The van der Waals surface area contributed by atoms with Crippen molar-refractivity contribution < 1.29 is 18.0 Å². The van der Waals surface area contributed by atoms with E-state index in [9.17, 15) is 18.0 Å². The SMILES string of the molecule is O=C(NC12C3CC4CC(C3)C1C2C4)c1cn(-c2ncccn2)nc1C(F)(F)F. The van der Waals surface area contributed by atoms with Gasteiger partial charge in [0.05, 0.1) is 5.56 Å². The molecule has 0 saturated heterocycles. The molecule has 1 N–H and O–H groups in total. The maximum Gasteiger partial charge on any atom is 0.435 e. The summed E-state index contributed by atoms with van der Waals surface area (Å²) in [5.74, 6) is 1.97. The lowest BCUT2D eigenvalue weighted by Gasteiger charge is -2.41. The number of rotatable bonds is 3. The third-order valence-electron chi connectivity index (χ3n) is 7.42. The minimum absolute atomic E-state index is 0.00642. The highest BCUT2D eigenvalue weighted by molar-refractivity contribution is 5.96. The first-order chi connectivity index (χ1) is 13.4. The van der Waals surface area contributed by atoms with Crippen molar-refractivity contribution in [2.45, 2.75) is 37.4 Å². The molecule has 6 unspecified atom stereocenters. The lowest BCUT2D eigenvalue weighted by molar-refractivity contribution is -0.141. The van der Waals surface area contributed by atoms with Gasteiger partial charge < -0.3 is 5.32 Å². The standard InChI is InChI=1S/C19H18F3N5O/c20-19(21,22)15-12(8-27(26-15)17-23-2-1-3-24-17)16(28)25-18-11-5-9-4-10(7-11)14(18)13(18)6-9/h1-3,8-11,13-14H,4-7H2,(H,25,28). The van der Waals surface area contributed by atoms with Crippen LogP contribution in [0.3, 0.4) is 0 Å². The molecule has 2 aromatic rings. The zero-order valence-corrected chi connectivity index (χ0v) is 14.9. The summed E-state index contributed by atoms with van der Waals surface area (Å²) in [6, 6.07) is 1.56. The van der Waals surface area contributed by atoms with E-state index in [2.05, 4.69) is 20.4 Å². The molecular weight excluding hydrogens is 371 g/mol. The van der Waals surface area contributed by atoms with Gasteiger partial charge in [0.2, 0.25) is 5.95 Å². The Labute approximate surface area is 158 Å². The van der Waals surface area contributed by atoms with Gasteiger partial charge in [0.15, 0.2) is 5.69 Å². The summed E-state index contributed by atoms with van der Waals surface area (Å²) in [4.78, 5) is 20.8. The highest BCUT2D eigenvalue weighted by Gasteiger charge is 2.79. The van der Waals surface area contributed by atoms with E-state index in [1.807, 2.05) is 0 Å². The Bertz CT molecular complexity index is 970. The third-order valence-corrected chi connectivity index (χ3v) is 7.42. The Morgan fingerprint density at radius 3 is 2.68 bits per heavy atom. The minimum atomic E-state index is -4.74. The summed E-state index contributed by atoms with van der Waals surface area (Å²) in [5.41, 5.74) is -1.95. The zero-order valence-electron chi connectivity index (χ0n) is 14.9. The Hall–Kier alpha value is -2.45. The van der Waals surface area contributed by atoms with E-state index in [0.717, 1.165) is 36.1 Å². The fraction of sp³-hybridized carbons (Fsp3) is 0.579. The monoisotopic (exact) mass is 389 g/mol. The van der Waals surface area contributed by atoms with Crippen LogP contribution in [-0.2, 0) is 6.18 Å². The second-order valence-corrected chi connectivity index (χ2v) is 8.67. The van der Waals surface area contributed by atoms with Crippen molar-refractivity contribution in [3.8, 4) is 5.95 Å². The molecule has 0 aliphatic heterocycles. The number of carbonyl (C=O) groups is 1. The van der Waals surface area contributed by atoms with Gasteiger partial charge in [-0.2, -0.15) is 18.3 Å². The van der Waals surface area contributed by atoms with E-state index in [1.54, 1.807) is 6.07 Å². The molecule has 6 nitrogen and oxygen atoms in total. The average molecular weight is 389 g/mol. The summed E-state index contributed by atoms with van der Waals surface area (Å²) in [5, 5.41) is 6.63. The second-order valence-electron chi connectivity index (χ2n) is 8.67. The first-order valence-electron chi connectivity index (χ1n) is 9.64. The number of hydrogen-bond donors (Lipinski definition) is 1. The van der Waals surface area contributed by atoms with Crippen LogP contribution in [0.1, 0.15) is 41.7 Å². The van der Waals surface area contributed by atoms with Crippen LogP contribution >= 0.6 is 0 Å². The summed E-state index contributed by atoms with van der Waals surface area (Å²) < 4.78 is 41.6. The predicted molar refractivity (Wildman–Crippen MR) is 90.3 cm³/mol. The van der Waals surface area contributed by atoms with Gasteiger partial charge in [0, 0.05) is 24.1 Å². The normalized spacial score (nSPS) is 37.2. The summed E-state index contributed by atoms with van der Waals surface area (Å²) in [6.07, 6.45) is 3.68. The van der Waals surface area contributed by atoms with E-state index < -0.39 is 23.3 Å². The van der Waals surface area contributed by atoms with Crippen LogP contribution in [0.15, 0.2) is 24.7 Å². The van der Waals surface area contributed by atoms with Crippen molar-refractivity contribution in [3.63, 3.8) is 0 Å². The highest BCUT2D eigenvalue weighted by atomic mass is 19.4. The number of alkyl halides is 3. The third kappa shape index (κ3) is 2.04. The minimum Gasteiger partial charge on any atom is -0.346 e. The molecule has 2 aromatic heterocycles. The summed E-state index contributed by atoms with van der Waals surface area (Å²) >= 11 is 0. The Kier molecular flexibility index (Phi) is 3.02. The zero-order chi connectivity index (χ0) is 19.3. The van der Waals surface area contributed by atoms with E-state index in [1.165, 1.54) is 18.8 Å². The molecule has 0 spiro atoms. The molecule has 0 radical (unpaired) electrons. The molecule has 5 aliphatic rings.